The first-order chi connectivity index (χ1) is 25.8. The lowest BCUT2D eigenvalue weighted by atomic mass is 9.86. The van der Waals surface area contributed by atoms with Crippen LogP contribution < -0.4 is 19.3 Å². The van der Waals surface area contributed by atoms with E-state index in [9.17, 15) is 26.4 Å². The van der Waals surface area contributed by atoms with Crippen molar-refractivity contribution in [1.29, 1.82) is 0 Å². The van der Waals surface area contributed by atoms with Crippen LogP contribution in [0.1, 0.15) is 63.8 Å². The van der Waals surface area contributed by atoms with Gasteiger partial charge in [0.05, 0.1) is 35.0 Å². The van der Waals surface area contributed by atoms with Crippen molar-refractivity contribution >= 4 is 31.9 Å². The van der Waals surface area contributed by atoms with Gasteiger partial charge in [-0.2, -0.15) is 36.5 Å². The number of aromatic amines is 1. The minimum absolute atomic E-state index is 0.0298. The van der Waals surface area contributed by atoms with E-state index in [2.05, 4.69) is 89.9 Å². The van der Waals surface area contributed by atoms with Gasteiger partial charge in [-0.3, -0.25) is 0 Å². The molecule has 0 bridgehead atoms. The maximum absolute atomic E-state index is 12.6. The molecule has 2 heterocycles. The smallest absolute Gasteiger partial charge is 0.477 e. The molecule has 0 radical (unpaired) electrons. The monoisotopic (exact) mass is 776 g/mol. The van der Waals surface area contributed by atoms with Gasteiger partial charge in [-0.15, -0.1) is 0 Å². The van der Waals surface area contributed by atoms with Crippen molar-refractivity contribution in [3.63, 3.8) is 0 Å². The zero-order chi connectivity index (χ0) is 40.0. The number of rotatable bonds is 10. The molecule has 0 aliphatic carbocycles. The minimum atomic E-state index is -5.90. The zero-order valence-corrected chi connectivity index (χ0v) is 32.2. The molecule has 290 valence electrons. The third-order valence-electron chi connectivity index (χ3n) is 8.52. The number of aromatic nitrogens is 4. The molecule has 0 amide bonds. The minimum Gasteiger partial charge on any atom is -0.477 e. The van der Waals surface area contributed by atoms with Gasteiger partial charge < -0.3 is 18.6 Å². The van der Waals surface area contributed by atoms with E-state index >= 15 is 0 Å². The van der Waals surface area contributed by atoms with Gasteiger partial charge in [-0.1, -0.05) is 114 Å². The predicted molar refractivity (Wildman–Crippen MR) is 206 cm³/mol. The maximum atomic E-state index is 12.6. The fraction of sp³-hybridized carbons (Fsp3) is 0.317. The third-order valence-corrected chi connectivity index (χ3v) is 9.45. The van der Waals surface area contributed by atoms with Crippen molar-refractivity contribution in [3.05, 3.63) is 130 Å². The third kappa shape index (κ3) is 10.8. The normalized spacial score (nSPS) is 12.2. The molecule has 0 aliphatic heterocycles. The molecular formula is C41H43F3N4O6S. The van der Waals surface area contributed by atoms with Gasteiger partial charge in [0.15, 0.2) is 0 Å². The summed E-state index contributed by atoms with van der Waals surface area (Å²) in [6.45, 7) is 13.6. The summed E-state index contributed by atoms with van der Waals surface area (Å²) in [5.74, 6) is 0.324. The predicted octanol–water partition coefficient (Wildman–Crippen LogP) is 8.62. The second-order valence-electron chi connectivity index (χ2n) is 14.8. The van der Waals surface area contributed by atoms with Crippen molar-refractivity contribution < 1.29 is 35.2 Å². The molecule has 0 spiro atoms. The Kier molecular flexibility index (Phi) is 12.2. The number of nitrogens with zero attached hydrogens (tertiary/aromatic N) is 3. The van der Waals surface area contributed by atoms with Crippen LogP contribution in [0.15, 0.2) is 102 Å². The summed E-state index contributed by atoms with van der Waals surface area (Å²) in [6.07, 6.45) is 1.28. The Balaban J connectivity index is 0.000000218. The van der Waals surface area contributed by atoms with E-state index in [1.165, 1.54) is 22.8 Å². The van der Waals surface area contributed by atoms with Crippen LogP contribution in [0.3, 0.4) is 0 Å². The number of fused-ring (bicyclic) bond motifs is 2. The second-order valence-corrected chi connectivity index (χ2v) is 16.3. The van der Waals surface area contributed by atoms with Crippen LogP contribution in [0.4, 0.5) is 13.2 Å². The SMILES string of the molecule is CC(C)(C)c1ccc(CCOc2nc(=O)[nH]c3ccccc23)cc1.CC(C)(C)c1ccc(CCOc2nc(OS(=O)(=O)C(F)(F)F)nc3ccccc23)cc1. The summed E-state index contributed by atoms with van der Waals surface area (Å²) in [7, 11) is -5.90. The van der Waals surface area contributed by atoms with Gasteiger partial charge in [0.25, 0.3) is 0 Å². The molecule has 14 heteroatoms. The number of nitrogens with one attached hydrogen (secondary N) is 1. The lowest BCUT2D eigenvalue weighted by Crippen LogP contribution is -2.28. The van der Waals surface area contributed by atoms with Crippen LogP contribution in [0.5, 0.6) is 17.8 Å². The average Bonchev–Trinajstić information content (AvgIpc) is 3.11. The Hall–Kier alpha value is -5.50. The molecule has 0 atom stereocenters. The Bertz CT molecular complexity index is 2400. The molecule has 4 aromatic carbocycles. The summed E-state index contributed by atoms with van der Waals surface area (Å²) in [5.41, 5.74) is -0.164. The molecule has 6 rings (SSSR count). The van der Waals surface area contributed by atoms with E-state index in [0.29, 0.717) is 24.3 Å². The van der Waals surface area contributed by atoms with Crippen molar-refractivity contribution in [2.75, 3.05) is 13.2 Å². The lowest BCUT2D eigenvalue weighted by Gasteiger charge is -2.19. The number of H-pyrrole nitrogens is 1. The van der Waals surface area contributed by atoms with Gasteiger partial charge in [-0.05, 0) is 57.3 Å². The molecule has 55 heavy (non-hydrogen) atoms. The average molecular weight is 777 g/mol. The Morgan fingerprint density at radius 2 is 1.09 bits per heavy atom. The summed E-state index contributed by atoms with van der Waals surface area (Å²) in [6, 6.07) is 29.5. The molecule has 0 saturated heterocycles. The lowest BCUT2D eigenvalue weighted by molar-refractivity contribution is -0.0503. The van der Waals surface area contributed by atoms with Gasteiger partial charge in [-0.25, -0.2) is 4.79 Å². The number of alkyl halides is 3. The fourth-order valence-corrected chi connectivity index (χ4v) is 5.74. The second kappa shape index (κ2) is 16.5. The molecule has 1 N–H and O–H groups in total. The van der Waals surface area contributed by atoms with E-state index in [1.807, 2.05) is 48.5 Å². The van der Waals surface area contributed by atoms with E-state index in [4.69, 9.17) is 9.47 Å². The maximum Gasteiger partial charge on any atom is 0.534 e. The molecule has 0 unspecified atom stereocenters. The van der Waals surface area contributed by atoms with Crippen LogP contribution in [0.25, 0.3) is 21.8 Å². The summed E-state index contributed by atoms with van der Waals surface area (Å²) in [4.78, 5) is 25.8. The van der Waals surface area contributed by atoms with Gasteiger partial charge >= 0.3 is 27.3 Å². The number of halogens is 3. The number of hydrogen-bond acceptors (Lipinski definition) is 9. The molecular weight excluding hydrogens is 734 g/mol. The fourth-order valence-electron chi connectivity index (χ4n) is 5.38. The van der Waals surface area contributed by atoms with E-state index in [0.717, 1.165) is 22.9 Å². The molecule has 2 aromatic heterocycles. The van der Waals surface area contributed by atoms with E-state index < -0.39 is 27.3 Å². The largest absolute Gasteiger partial charge is 0.534 e. The summed E-state index contributed by atoms with van der Waals surface area (Å²) in [5, 5.41) is 1.24. The zero-order valence-electron chi connectivity index (χ0n) is 31.4. The van der Waals surface area contributed by atoms with Crippen LogP contribution >= 0.6 is 0 Å². The van der Waals surface area contributed by atoms with Crippen LogP contribution in [-0.2, 0) is 33.8 Å². The van der Waals surface area contributed by atoms with Crippen molar-refractivity contribution in [1.82, 2.24) is 19.9 Å². The molecule has 0 saturated carbocycles. The van der Waals surface area contributed by atoms with Gasteiger partial charge in [0.1, 0.15) is 0 Å². The molecule has 10 nitrogen and oxygen atoms in total. The highest BCUT2D eigenvalue weighted by Crippen LogP contribution is 2.30. The van der Waals surface area contributed by atoms with Crippen molar-refractivity contribution in [3.8, 4) is 17.8 Å². The highest BCUT2D eigenvalue weighted by Gasteiger charge is 2.49. The summed E-state index contributed by atoms with van der Waals surface area (Å²) >= 11 is 0. The Morgan fingerprint density at radius 1 is 0.618 bits per heavy atom. The standard InChI is InChI=1S/C21H21F3N2O4S.C20H22N2O2/c1-20(2,3)15-10-8-14(9-11-15)12-13-29-18-16-6-4-5-7-17(16)25-19(26-18)30-31(27,28)21(22,23)24;1-20(2,3)15-10-8-14(9-11-15)12-13-24-18-16-6-4-5-7-17(16)21-19(23)22-18/h4-11H,12-13H2,1-3H3;4-11H,12-13H2,1-3H3,(H,21,22,23). The first kappa shape index (κ1) is 40.7. The van der Waals surface area contributed by atoms with Crippen LogP contribution in [0.2, 0.25) is 0 Å². The van der Waals surface area contributed by atoms with Crippen molar-refractivity contribution in [2.45, 2.75) is 70.7 Å². The number of ether oxygens (including phenoxy) is 2. The first-order valence-corrected chi connectivity index (χ1v) is 18.9. The van der Waals surface area contributed by atoms with Crippen LogP contribution in [-0.4, -0.2) is 47.1 Å². The number of para-hydroxylation sites is 2. The molecule has 0 fully saturated rings. The Morgan fingerprint density at radius 3 is 1.60 bits per heavy atom. The first-order valence-electron chi connectivity index (χ1n) is 17.5. The number of benzene rings is 4. The molecule has 0 aliphatic rings. The van der Waals surface area contributed by atoms with Gasteiger partial charge in [0.2, 0.25) is 11.8 Å². The topological polar surface area (TPSA) is 133 Å². The van der Waals surface area contributed by atoms with Crippen LogP contribution in [0, 0.1) is 0 Å². The van der Waals surface area contributed by atoms with E-state index in [-0.39, 0.29) is 28.8 Å². The van der Waals surface area contributed by atoms with Gasteiger partial charge in [0, 0.05) is 12.8 Å². The highest BCUT2D eigenvalue weighted by atomic mass is 32.2. The summed E-state index contributed by atoms with van der Waals surface area (Å²) < 4.78 is 76.0. The highest BCUT2D eigenvalue weighted by molar-refractivity contribution is 7.87. The van der Waals surface area contributed by atoms with Crippen molar-refractivity contribution in [2.24, 2.45) is 0 Å². The Labute approximate surface area is 317 Å². The number of hydrogen-bond donors (Lipinski definition) is 1. The van der Waals surface area contributed by atoms with E-state index in [1.54, 1.807) is 18.2 Å². The quantitative estimate of drug-likeness (QED) is 0.107. The molecule has 6 aromatic rings.